The Balaban J connectivity index is 1.80. The van der Waals surface area contributed by atoms with Crippen LogP contribution in [0.1, 0.15) is 11.3 Å². The number of sulfonamides is 1. The summed E-state index contributed by atoms with van der Waals surface area (Å²) >= 11 is 5.99. The van der Waals surface area contributed by atoms with Gasteiger partial charge in [-0.1, -0.05) is 35.9 Å². The third-order valence-electron chi connectivity index (χ3n) is 3.49. The van der Waals surface area contributed by atoms with E-state index in [2.05, 4.69) is 9.71 Å². The maximum absolute atomic E-state index is 12.3. The lowest BCUT2D eigenvalue weighted by Gasteiger charge is -2.07. The number of para-hydroxylation sites is 1. The molecule has 1 aromatic heterocycles. The number of rotatable bonds is 4. The average molecular weight is 335 g/mol. The van der Waals surface area contributed by atoms with Gasteiger partial charge in [0.15, 0.2) is 0 Å². The number of aryl methyl sites for hydroxylation is 1. The lowest BCUT2D eigenvalue weighted by molar-refractivity contribution is 0.580. The number of hydrogen-bond donors (Lipinski definition) is 2. The maximum Gasteiger partial charge on any atom is 0.240 e. The third kappa shape index (κ3) is 3.02. The zero-order valence-electron chi connectivity index (χ0n) is 11.9. The van der Waals surface area contributed by atoms with Crippen LogP contribution in [0.3, 0.4) is 0 Å². The van der Waals surface area contributed by atoms with Crippen LogP contribution in [-0.2, 0) is 16.6 Å². The molecule has 22 heavy (non-hydrogen) atoms. The summed E-state index contributed by atoms with van der Waals surface area (Å²) in [6.07, 6.45) is 0. The SMILES string of the molecule is Cc1ccc(S(=O)(=O)NCc2cc3ccccc3[nH]2)cc1Cl. The van der Waals surface area contributed by atoms with Crippen molar-refractivity contribution in [2.24, 2.45) is 0 Å². The van der Waals surface area contributed by atoms with E-state index in [9.17, 15) is 8.42 Å². The number of hydrogen-bond acceptors (Lipinski definition) is 2. The molecule has 0 unspecified atom stereocenters. The predicted octanol–water partition coefficient (Wildman–Crippen LogP) is 3.61. The van der Waals surface area contributed by atoms with Crippen molar-refractivity contribution in [2.45, 2.75) is 18.4 Å². The summed E-state index contributed by atoms with van der Waals surface area (Å²) < 4.78 is 27.2. The van der Waals surface area contributed by atoms with Crippen LogP contribution in [-0.4, -0.2) is 13.4 Å². The second-order valence-corrected chi connectivity index (χ2v) is 7.29. The summed E-state index contributed by atoms with van der Waals surface area (Å²) in [5.41, 5.74) is 2.63. The number of benzene rings is 2. The van der Waals surface area contributed by atoms with Crippen LogP contribution in [0.2, 0.25) is 5.02 Å². The smallest absolute Gasteiger partial charge is 0.240 e. The molecule has 0 radical (unpaired) electrons. The van der Waals surface area contributed by atoms with Gasteiger partial charge in [0, 0.05) is 16.2 Å². The summed E-state index contributed by atoms with van der Waals surface area (Å²) in [5, 5.41) is 1.49. The van der Waals surface area contributed by atoms with Crippen LogP contribution in [0.15, 0.2) is 53.4 Å². The molecule has 4 nitrogen and oxygen atoms in total. The van der Waals surface area contributed by atoms with Crippen LogP contribution >= 0.6 is 11.6 Å². The topological polar surface area (TPSA) is 62.0 Å². The first-order valence-corrected chi connectivity index (χ1v) is 8.64. The summed E-state index contributed by atoms with van der Waals surface area (Å²) in [5.74, 6) is 0. The maximum atomic E-state index is 12.3. The molecule has 0 saturated carbocycles. The molecule has 3 aromatic rings. The van der Waals surface area contributed by atoms with Crippen molar-refractivity contribution in [3.8, 4) is 0 Å². The van der Waals surface area contributed by atoms with Crippen LogP contribution < -0.4 is 4.72 Å². The molecule has 0 saturated heterocycles. The Hall–Kier alpha value is -1.82. The van der Waals surface area contributed by atoms with Gasteiger partial charge in [0.25, 0.3) is 0 Å². The van der Waals surface area contributed by atoms with Crippen molar-refractivity contribution in [1.29, 1.82) is 0 Å². The standard InChI is InChI=1S/C16H15ClN2O2S/c1-11-6-7-14(9-15(11)17)22(20,21)18-10-13-8-12-4-2-3-5-16(12)19-13/h2-9,18-19H,10H2,1H3. The van der Waals surface area contributed by atoms with Gasteiger partial charge in [-0.2, -0.15) is 0 Å². The highest BCUT2D eigenvalue weighted by molar-refractivity contribution is 7.89. The summed E-state index contributed by atoms with van der Waals surface area (Å²) in [6, 6.07) is 14.4. The zero-order valence-corrected chi connectivity index (χ0v) is 13.5. The van der Waals surface area contributed by atoms with Crippen LogP contribution in [0.5, 0.6) is 0 Å². The largest absolute Gasteiger partial charge is 0.357 e. The van der Waals surface area contributed by atoms with Crippen LogP contribution in [0, 0.1) is 6.92 Å². The summed E-state index contributed by atoms with van der Waals surface area (Å²) in [6.45, 7) is 2.03. The first-order valence-electron chi connectivity index (χ1n) is 6.78. The van der Waals surface area contributed by atoms with Crippen molar-refractivity contribution in [1.82, 2.24) is 9.71 Å². The number of nitrogens with one attached hydrogen (secondary N) is 2. The fraction of sp³-hybridized carbons (Fsp3) is 0.125. The van der Waals surface area contributed by atoms with Gasteiger partial charge in [0.2, 0.25) is 10.0 Å². The van der Waals surface area contributed by atoms with Gasteiger partial charge in [-0.3, -0.25) is 0 Å². The Morgan fingerprint density at radius 3 is 2.64 bits per heavy atom. The molecular formula is C16H15ClN2O2S. The number of halogens is 1. The van der Waals surface area contributed by atoms with Crippen molar-refractivity contribution in [2.75, 3.05) is 0 Å². The Morgan fingerprint density at radius 2 is 1.91 bits per heavy atom. The highest BCUT2D eigenvalue weighted by Crippen LogP contribution is 2.20. The normalized spacial score (nSPS) is 11.9. The number of H-pyrrole nitrogens is 1. The molecule has 0 aliphatic rings. The Kier molecular flexibility index (Phi) is 3.95. The van der Waals surface area contributed by atoms with Gasteiger partial charge in [0.05, 0.1) is 11.4 Å². The van der Waals surface area contributed by atoms with E-state index in [0.717, 1.165) is 22.2 Å². The molecule has 0 amide bonds. The molecule has 1 heterocycles. The van der Waals surface area contributed by atoms with E-state index in [4.69, 9.17) is 11.6 Å². The quantitative estimate of drug-likeness (QED) is 0.765. The van der Waals surface area contributed by atoms with Gasteiger partial charge < -0.3 is 4.98 Å². The van der Waals surface area contributed by atoms with Crippen molar-refractivity contribution in [3.63, 3.8) is 0 Å². The highest BCUT2D eigenvalue weighted by atomic mass is 35.5. The van der Waals surface area contributed by atoms with Crippen LogP contribution in [0.4, 0.5) is 0 Å². The summed E-state index contributed by atoms with van der Waals surface area (Å²) in [7, 11) is -3.59. The van der Waals surface area contributed by atoms with E-state index in [-0.39, 0.29) is 11.4 Å². The molecule has 0 aliphatic heterocycles. The number of aromatic amines is 1. The Morgan fingerprint density at radius 1 is 1.14 bits per heavy atom. The molecule has 3 rings (SSSR count). The molecular weight excluding hydrogens is 320 g/mol. The highest BCUT2D eigenvalue weighted by Gasteiger charge is 2.15. The van der Waals surface area contributed by atoms with E-state index in [0.29, 0.717) is 5.02 Å². The number of aromatic nitrogens is 1. The molecule has 114 valence electrons. The van der Waals surface area contributed by atoms with Crippen molar-refractivity contribution in [3.05, 3.63) is 64.8 Å². The van der Waals surface area contributed by atoms with E-state index >= 15 is 0 Å². The fourth-order valence-electron chi connectivity index (χ4n) is 2.23. The van der Waals surface area contributed by atoms with Gasteiger partial charge in [-0.25, -0.2) is 13.1 Å². The predicted molar refractivity (Wildman–Crippen MR) is 88.5 cm³/mol. The number of fused-ring (bicyclic) bond motifs is 1. The van der Waals surface area contributed by atoms with E-state index < -0.39 is 10.0 Å². The Bertz CT molecular complexity index is 899. The molecule has 0 aliphatic carbocycles. The lowest BCUT2D eigenvalue weighted by atomic mass is 10.2. The van der Waals surface area contributed by atoms with Crippen molar-refractivity contribution >= 4 is 32.5 Å². The molecule has 0 bridgehead atoms. The molecule has 0 fully saturated rings. The van der Waals surface area contributed by atoms with Gasteiger partial charge >= 0.3 is 0 Å². The molecule has 0 atom stereocenters. The Labute approximate surface area is 134 Å². The second-order valence-electron chi connectivity index (χ2n) is 5.12. The first kappa shape index (κ1) is 15.1. The van der Waals surface area contributed by atoms with E-state index in [1.165, 1.54) is 6.07 Å². The summed E-state index contributed by atoms with van der Waals surface area (Å²) in [4.78, 5) is 3.35. The molecule has 6 heteroatoms. The van der Waals surface area contributed by atoms with Gasteiger partial charge in [-0.05, 0) is 42.1 Å². The van der Waals surface area contributed by atoms with E-state index in [1.807, 2.05) is 37.3 Å². The second kappa shape index (κ2) is 5.76. The lowest BCUT2D eigenvalue weighted by Crippen LogP contribution is -2.23. The molecule has 0 spiro atoms. The minimum Gasteiger partial charge on any atom is -0.357 e. The van der Waals surface area contributed by atoms with Gasteiger partial charge in [-0.15, -0.1) is 0 Å². The van der Waals surface area contributed by atoms with Crippen LogP contribution in [0.25, 0.3) is 10.9 Å². The zero-order chi connectivity index (χ0) is 15.7. The fourth-order valence-corrected chi connectivity index (χ4v) is 3.50. The minimum absolute atomic E-state index is 0.166. The molecule has 2 aromatic carbocycles. The molecule has 2 N–H and O–H groups in total. The average Bonchev–Trinajstić information content (AvgIpc) is 2.91. The van der Waals surface area contributed by atoms with Gasteiger partial charge in [0.1, 0.15) is 0 Å². The van der Waals surface area contributed by atoms with E-state index in [1.54, 1.807) is 12.1 Å². The first-order chi connectivity index (χ1) is 10.5. The monoisotopic (exact) mass is 334 g/mol. The minimum atomic E-state index is -3.59. The third-order valence-corrected chi connectivity index (χ3v) is 5.30. The van der Waals surface area contributed by atoms with Crippen molar-refractivity contribution < 1.29 is 8.42 Å².